The summed E-state index contributed by atoms with van der Waals surface area (Å²) in [5.74, 6) is 0. The lowest BCUT2D eigenvalue weighted by molar-refractivity contribution is -0.0117. The average molecular weight is 218 g/mol. The Labute approximate surface area is 93.5 Å². The second-order valence-corrected chi connectivity index (χ2v) is 4.61. The number of rotatable bonds is 8. The molecule has 4 atom stereocenters. The smallest absolute Gasteiger partial charge is 0.0551 e. The molecule has 0 aromatic heterocycles. The Morgan fingerprint density at radius 3 is 1.33 bits per heavy atom. The first-order valence-electron chi connectivity index (χ1n) is 5.93. The van der Waals surface area contributed by atoms with Crippen LogP contribution < -0.4 is 0 Å². The summed E-state index contributed by atoms with van der Waals surface area (Å²) in [5.41, 5.74) is 0. The van der Waals surface area contributed by atoms with Crippen molar-refractivity contribution >= 4 is 0 Å². The molecule has 2 N–H and O–H groups in total. The van der Waals surface area contributed by atoms with Crippen molar-refractivity contribution in [3.63, 3.8) is 0 Å². The minimum absolute atomic E-state index is 0.184. The van der Waals surface area contributed by atoms with Crippen molar-refractivity contribution in [1.29, 1.82) is 0 Å². The molecule has 0 rings (SSSR count). The molecule has 0 aliphatic heterocycles. The maximum absolute atomic E-state index is 9.12. The zero-order valence-electron chi connectivity index (χ0n) is 10.4. The topological polar surface area (TPSA) is 49.7 Å². The molecule has 0 fully saturated rings. The van der Waals surface area contributed by atoms with Gasteiger partial charge in [-0.2, -0.15) is 0 Å². The van der Waals surface area contributed by atoms with E-state index < -0.39 is 0 Å². The fourth-order valence-corrected chi connectivity index (χ4v) is 1.48. The predicted octanol–water partition coefficient (Wildman–Crippen LogP) is 2.10. The Kier molecular flexibility index (Phi) is 8.02. The summed E-state index contributed by atoms with van der Waals surface area (Å²) in [4.78, 5) is 0. The molecule has 4 unspecified atom stereocenters. The highest BCUT2D eigenvalue weighted by Crippen LogP contribution is 2.11. The number of hydrogen-bond acceptors (Lipinski definition) is 3. The number of hydrogen-bond donors (Lipinski definition) is 2. The van der Waals surface area contributed by atoms with Crippen LogP contribution in [0.3, 0.4) is 0 Å². The fourth-order valence-electron chi connectivity index (χ4n) is 1.48. The van der Waals surface area contributed by atoms with Crippen LogP contribution in [-0.4, -0.2) is 34.6 Å². The lowest BCUT2D eigenvalue weighted by Gasteiger charge is -2.20. The monoisotopic (exact) mass is 218 g/mol. The molecule has 0 aliphatic carbocycles. The van der Waals surface area contributed by atoms with Crippen LogP contribution in [0.2, 0.25) is 0 Å². The predicted molar refractivity (Wildman–Crippen MR) is 61.8 cm³/mol. The molecular weight excluding hydrogens is 192 g/mol. The minimum Gasteiger partial charge on any atom is -0.393 e. The number of aliphatic hydroxyl groups excluding tert-OH is 2. The molecule has 0 aromatic carbocycles. The average Bonchev–Trinajstić information content (AvgIpc) is 2.11. The van der Waals surface area contributed by atoms with Crippen LogP contribution in [0, 0.1) is 0 Å². The van der Waals surface area contributed by atoms with E-state index >= 15 is 0 Å². The highest BCUT2D eigenvalue weighted by Gasteiger charge is 2.10. The van der Waals surface area contributed by atoms with Gasteiger partial charge in [0.05, 0.1) is 24.4 Å². The van der Waals surface area contributed by atoms with E-state index in [9.17, 15) is 0 Å². The Morgan fingerprint density at radius 2 is 1.07 bits per heavy atom. The second kappa shape index (κ2) is 8.08. The molecule has 0 amide bonds. The van der Waals surface area contributed by atoms with Gasteiger partial charge in [-0.3, -0.25) is 0 Å². The van der Waals surface area contributed by atoms with Gasteiger partial charge in [0.1, 0.15) is 0 Å². The molecule has 92 valence electrons. The van der Waals surface area contributed by atoms with Gasteiger partial charge in [-0.15, -0.1) is 0 Å². The zero-order chi connectivity index (χ0) is 11.8. The molecular formula is C12H26O3. The van der Waals surface area contributed by atoms with Gasteiger partial charge >= 0.3 is 0 Å². The number of ether oxygens (including phenoxy) is 1. The third-order valence-corrected chi connectivity index (χ3v) is 2.45. The van der Waals surface area contributed by atoms with Gasteiger partial charge in [0.15, 0.2) is 0 Å². The van der Waals surface area contributed by atoms with E-state index in [1.54, 1.807) is 13.8 Å². The van der Waals surface area contributed by atoms with E-state index in [4.69, 9.17) is 14.9 Å². The van der Waals surface area contributed by atoms with Crippen molar-refractivity contribution in [2.45, 2.75) is 77.8 Å². The van der Waals surface area contributed by atoms with Crippen molar-refractivity contribution in [1.82, 2.24) is 0 Å². The van der Waals surface area contributed by atoms with E-state index in [1.165, 1.54) is 0 Å². The van der Waals surface area contributed by atoms with Crippen LogP contribution in [0.25, 0.3) is 0 Å². The van der Waals surface area contributed by atoms with E-state index in [0.717, 1.165) is 25.7 Å². The largest absolute Gasteiger partial charge is 0.393 e. The van der Waals surface area contributed by atoms with Gasteiger partial charge in [-0.1, -0.05) is 0 Å². The molecule has 0 saturated carbocycles. The Balaban J connectivity index is 3.52. The molecule has 3 nitrogen and oxygen atoms in total. The number of aliphatic hydroxyl groups is 2. The van der Waals surface area contributed by atoms with Crippen LogP contribution in [0.15, 0.2) is 0 Å². The van der Waals surface area contributed by atoms with Crippen molar-refractivity contribution < 1.29 is 14.9 Å². The van der Waals surface area contributed by atoms with Crippen LogP contribution >= 0.6 is 0 Å². The standard InChI is InChI=1S/C12H26O3/c1-9(13)5-7-11(3)15-12(4)8-6-10(2)14/h9-14H,5-8H2,1-4H3. The summed E-state index contributed by atoms with van der Waals surface area (Å²) in [6, 6.07) is 0. The van der Waals surface area contributed by atoms with Gasteiger partial charge in [-0.25, -0.2) is 0 Å². The van der Waals surface area contributed by atoms with Crippen molar-refractivity contribution in [3.8, 4) is 0 Å². The lowest BCUT2D eigenvalue weighted by atomic mass is 10.1. The normalized spacial score (nSPS) is 19.6. The van der Waals surface area contributed by atoms with E-state index in [2.05, 4.69) is 0 Å². The van der Waals surface area contributed by atoms with Gasteiger partial charge in [0, 0.05) is 0 Å². The Hall–Kier alpha value is -0.120. The van der Waals surface area contributed by atoms with E-state index in [-0.39, 0.29) is 24.4 Å². The van der Waals surface area contributed by atoms with Gasteiger partial charge in [0.25, 0.3) is 0 Å². The first-order valence-corrected chi connectivity index (χ1v) is 5.93. The maximum Gasteiger partial charge on any atom is 0.0551 e. The van der Waals surface area contributed by atoms with Crippen molar-refractivity contribution in [2.24, 2.45) is 0 Å². The Morgan fingerprint density at radius 1 is 0.733 bits per heavy atom. The molecule has 0 saturated heterocycles. The molecule has 15 heavy (non-hydrogen) atoms. The van der Waals surface area contributed by atoms with Crippen molar-refractivity contribution in [2.75, 3.05) is 0 Å². The molecule has 0 heterocycles. The fraction of sp³-hybridized carbons (Fsp3) is 1.00. The minimum atomic E-state index is -0.246. The van der Waals surface area contributed by atoms with E-state index in [1.807, 2.05) is 13.8 Å². The molecule has 0 radical (unpaired) electrons. The molecule has 0 aromatic rings. The highest BCUT2D eigenvalue weighted by atomic mass is 16.5. The lowest BCUT2D eigenvalue weighted by Crippen LogP contribution is -2.19. The van der Waals surface area contributed by atoms with Crippen molar-refractivity contribution in [3.05, 3.63) is 0 Å². The quantitative estimate of drug-likeness (QED) is 0.656. The molecule has 0 bridgehead atoms. The second-order valence-electron chi connectivity index (χ2n) is 4.61. The summed E-state index contributed by atoms with van der Waals surface area (Å²) >= 11 is 0. The van der Waals surface area contributed by atoms with Crippen LogP contribution in [-0.2, 0) is 4.74 Å². The zero-order valence-corrected chi connectivity index (χ0v) is 10.4. The third kappa shape index (κ3) is 10.2. The molecule has 3 heteroatoms. The third-order valence-electron chi connectivity index (χ3n) is 2.45. The van der Waals surface area contributed by atoms with Gasteiger partial charge in [0.2, 0.25) is 0 Å². The summed E-state index contributed by atoms with van der Waals surface area (Å²) in [7, 11) is 0. The van der Waals surface area contributed by atoms with Gasteiger partial charge < -0.3 is 14.9 Å². The van der Waals surface area contributed by atoms with Gasteiger partial charge in [-0.05, 0) is 53.4 Å². The molecule has 0 aliphatic rings. The van der Waals surface area contributed by atoms with Crippen LogP contribution in [0.4, 0.5) is 0 Å². The SMILES string of the molecule is CC(O)CCC(C)OC(C)CCC(C)O. The van der Waals surface area contributed by atoms with Crippen LogP contribution in [0.5, 0.6) is 0 Å². The van der Waals surface area contributed by atoms with E-state index in [0.29, 0.717) is 0 Å². The summed E-state index contributed by atoms with van der Waals surface area (Å²) in [6.45, 7) is 7.65. The first kappa shape index (κ1) is 14.9. The summed E-state index contributed by atoms with van der Waals surface area (Å²) < 4.78 is 5.73. The summed E-state index contributed by atoms with van der Waals surface area (Å²) in [6.07, 6.45) is 3.21. The van der Waals surface area contributed by atoms with Crippen LogP contribution in [0.1, 0.15) is 53.4 Å². The molecule has 0 spiro atoms. The summed E-state index contributed by atoms with van der Waals surface area (Å²) in [5, 5.41) is 18.2. The Bertz CT molecular complexity index is 130. The maximum atomic E-state index is 9.12. The first-order chi connectivity index (χ1) is 6.91. The highest BCUT2D eigenvalue weighted by molar-refractivity contribution is 4.60.